The number of aromatic nitrogens is 1. The van der Waals surface area contributed by atoms with Crippen LogP contribution in [0.2, 0.25) is 0 Å². The average Bonchev–Trinajstić information content (AvgIpc) is 3.23. The molecule has 1 aliphatic rings. The maximum atomic E-state index is 9.35. The summed E-state index contributed by atoms with van der Waals surface area (Å²) in [5.41, 5.74) is 1.31. The number of rotatable bonds is 2. The van der Waals surface area contributed by atoms with Gasteiger partial charge in [-0.1, -0.05) is 36.4 Å². The Morgan fingerprint density at radius 1 is 1.05 bits per heavy atom. The van der Waals surface area contributed by atoms with Crippen LogP contribution in [0.15, 0.2) is 46.9 Å². The quantitative estimate of drug-likeness (QED) is 0.716. The minimum absolute atomic E-state index is 0.379. The molecule has 1 saturated heterocycles. The van der Waals surface area contributed by atoms with Crippen LogP contribution < -0.4 is 4.90 Å². The summed E-state index contributed by atoms with van der Waals surface area (Å²) in [5, 5.41) is 11.6. The van der Waals surface area contributed by atoms with Crippen LogP contribution in [0, 0.1) is 11.3 Å². The second-order valence-electron chi connectivity index (χ2n) is 5.51. The SMILES string of the molecule is N#Cc1nc(-c2cccc3ccccc23)oc1N1CCCC1. The van der Waals surface area contributed by atoms with E-state index in [0.29, 0.717) is 17.5 Å². The summed E-state index contributed by atoms with van der Waals surface area (Å²) in [5.74, 6) is 1.14. The number of anilines is 1. The summed E-state index contributed by atoms with van der Waals surface area (Å²) in [6, 6.07) is 16.3. The van der Waals surface area contributed by atoms with E-state index in [1.807, 2.05) is 24.3 Å². The van der Waals surface area contributed by atoms with Crippen molar-refractivity contribution in [2.75, 3.05) is 18.0 Å². The number of benzene rings is 2. The van der Waals surface area contributed by atoms with Gasteiger partial charge in [0.25, 0.3) is 0 Å². The van der Waals surface area contributed by atoms with Crippen molar-refractivity contribution >= 4 is 16.7 Å². The summed E-state index contributed by atoms with van der Waals surface area (Å²) in [6.07, 6.45) is 2.27. The van der Waals surface area contributed by atoms with Gasteiger partial charge >= 0.3 is 0 Å². The highest BCUT2D eigenvalue weighted by molar-refractivity contribution is 5.94. The molecule has 0 unspecified atom stereocenters. The highest BCUT2D eigenvalue weighted by Gasteiger charge is 2.23. The van der Waals surface area contributed by atoms with Crippen molar-refractivity contribution in [2.24, 2.45) is 0 Å². The Kier molecular flexibility index (Phi) is 3.05. The summed E-state index contributed by atoms with van der Waals surface area (Å²) < 4.78 is 5.98. The van der Waals surface area contributed by atoms with Crippen LogP contribution in [0.5, 0.6) is 0 Å². The lowest BCUT2D eigenvalue weighted by Gasteiger charge is -2.12. The maximum Gasteiger partial charge on any atom is 0.235 e. The Hall–Kier alpha value is -2.80. The van der Waals surface area contributed by atoms with E-state index in [1.54, 1.807) is 0 Å². The largest absolute Gasteiger partial charge is 0.419 e. The molecule has 0 amide bonds. The van der Waals surface area contributed by atoms with Crippen molar-refractivity contribution in [1.29, 1.82) is 5.26 Å². The topological polar surface area (TPSA) is 53.1 Å². The predicted molar refractivity (Wildman–Crippen MR) is 85.6 cm³/mol. The van der Waals surface area contributed by atoms with Crippen molar-refractivity contribution in [3.8, 4) is 17.5 Å². The van der Waals surface area contributed by atoms with Crippen molar-refractivity contribution in [3.63, 3.8) is 0 Å². The van der Waals surface area contributed by atoms with Crippen LogP contribution in [0.3, 0.4) is 0 Å². The molecule has 0 aliphatic carbocycles. The molecule has 1 aliphatic heterocycles. The predicted octanol–water partition coefficient (Wildman–Crippen LogP) is 3.97. The number of hydrogen-bond acceptors (Lipinski definition) is 4. The molecule has 4 nitrogen and oxygen atoms in total. The van der Waals surface area contributed by atoms with E-state index in [4.69, 9.17) is 4.42 Å². The molecule has 3 aromatic rings. The van der Waals surface area contributed by atoms with Crippen LogP contribution in [0.1, 0.15) is 18.5 Å². The molecular formula is C18H15N3O. The number of hydrogen-bond donors (Lipinski definition) is 0. The molecule has 22 heavy (non-hydrogen) atoms. The van der Waals surface area contributed by atoms with E-state index in [0.717, 1.165) is 42.3 Å². The lowest BCUT2D eigenvalue weighted by atomic mass is 10.0. The summed E-state index contributed by atoms with van der Waals surface area (Å²) in [4.78, 5) is 6.54. The number of fused-ring (bicyclic) bond motifs is 1. The van der Waals surface area contributed by atoms with Gasteiger partial charge in [-0.2, -0.15) is 10.2 Å². The van der Waals surface area contributed by atoms with Gasteiger partial charge in [0.2, 0.25) is 17.5 Å². The smallest absolute Gasteiger partial charge is 0.235 e. The van der Waals surface area contributed by atoms with Crippen molar-refractivity contribution in [3.05, 3.63) is 48.2 Å². The third-order valence-electron chi connectivity index (χ3n) is 4.13. The van der Waals surface area contributed by atoms with E-state index in [-0.39, 0.29) is 0 Å². The second kappa shape index (κ2) is 5.19. The molecule has 0 spiro atoms. The zero-order chi connectivity index (χ0) is 14.9. The van der Waals surface area contributed by atoms with Crippen LogP contribution in [-0.2, 0) is 0 Å². The summed E-state index contributed by atoms with van der Waals surface area (Å²) in [6.45, 7) is 1.86. The molecule has 1 fully saturated rings. The molecule has 0 radical (unpaired) electrons. The van der Waals surface area contributed by atoms with E-state index in [1.165, 1.54) is 0 Å². The summed E-state index contributed by atoms with van der Waals surface area (Å²) >= 11 is 0. The Balaban J connectivity index is 1.87. The fourth-order valence-electron chi connectivity index (χ4n) is 3.05. The lowest BCUT2D eigenvalue weighted by Crippen LogP contribution is -2.17. The molecule has 0 N–H and O–H groups in total. The van der Waals surface area contributed by atoms with Gasteiger partial charge in [-0.3, -0.25) is 0 Å². The molecule has 0 saturated carbocycles. The zero-order valence-electron chi connectivity index (χ0n) is 12.1. The Morgan fingerprint density at radius 2 is 1.82 bits per heavy atom. The highest BCUT2D eigenvalue weighted by atomic mass is 16.4. The second-order valence-corrected chi connectivity index (χ2v) is 5.51. The van der Waals surface area contributed by atoms with Gasteiger partial charge in [0.1, 0.15) is 6.07 Å². The monoisotopic (exact) mass is 289 g/mol. The molecule has 108 valence electrons. The van der Waals surface area contributed by atoms with Crippen molar-refractivity contribution in [2.45, 2.75) is 12.8 Å². The van der Waals surface area contributed by atoms with Gasteiger partial charge < -0.3 is 9.32 Å². The fraction of sp³-hybridized carbons (Fsp3) is 0.222. The first-order chi connectivity index (χ1) is 10.9. The molecule has 0 bridgehead atoms. The van der Waals surface area contributed by atoms with Crippen LogP contribution in [-0.4, -0.2) is 18.1 Å². The van der Waals surface area contributed by atoms with Gasteiger partial charge in [-0.15, -0.1) is 0 Å². The molecule has 0 atom stereocenters. The average molecular weight is 289 g/mol. The maximum absolute atomic E-state index is 9.35. The standard InChI is InChI=1S/C18H15N3O/c19-12-16-18(21-10-3-4-11-21)22-17(20-16)15-9-5-7-13-6-1-2-8-14(13)15/h1-2,5-9H,3-4,10-11H2. The summed E-state index contributed by atoms with van der Waals surface area (Å²) in [7, 11) is 0. The van der Waals surface area contributed by atoms with E-state index in [2.05, 4.69) is 34.2 Å². The number of nitriles is 1. The van der Waals surface area contributed by atoms with E-state index in [9.17, 15) is 5.26 Å². The Bertz CT molecular complexity index is 864. The van der Waals surface area contributed by atoms with Crippen molar-refractivity contribution < 1.29 is 4.42 Å². The minimum Gasteiger partial charge on any atom is -0.419 e. The van der Waals surface area contributed by atoms with Gasteiger partial charge in [0.15, 0.2) is 0 Å². The van der Waals surface area contributed by atoms with Gasteiger partial charge in [-0.25, -0.2) is 0 Å². The number of oxazole rings is 1. The van der Waals surface area contributed by atoms with Crippen LogP contribution >= 0.6 is 0 Å². The number of nitrogens with zero attached hydrogens (tertiary/aromatic N) is 3. The molecule has 1 aromatic heterocycles. The third kappa shape index (κ3) is 2.03. The van der Waals surface area contributed by atoms with Gasteiger partial charge in [0.05, 0.1) is 0 Å². The third-order valence-corrected chi connectivity index (χ3v) is 4.13. The van der Waals surface area contributed by atoms with Crippen molar-refractivity contribution in [1.82, 2.24) is 4.98 Å². The van der Waals surface area contributed by atoms with Gasteiger partial charge in [0, 0.05) is 18.7 Å². The van der Waals surface area contributed by atoms with Crippen LogP contribution in [0.4, 0.5) is 5.88 Å². The molecule has 2 aromatic carbocycles. The highest BCUT2D eigenvalue weighted by Crippen LogP contribution is 2.33. The Morgan fingerprint density at radius 3 is 2.64 bits per heavy atom. The first-order valence-corrected chi connectivity index (χ1v) is 7.51. The first kappa shape index (κ1) is 12.9. The minimum atomic E-state index is 0.379. The molecule has 4 heteroatoms. The zero-order valence-corrected chi connectivity index (χ0v) is 12.1. The fourth-order valence-corrected chi connectivity index (χ4v) is 3.05. The molecule has 4 rings (SSSR count). The van der Waals surface area contributed by atoms with Gasteiger partial charge in [-0.05, 0) is 29.7 Å². The van der Waals surface area contributed by atoms with E-state index < -0.39 is 0 Å². The first-order valence-electron chi connectivity index (χ1n) is 7.51. The lowest BCUT2D eigenvalue weighted by molar-refractivity contribution is 0.564. The van der Waals surface area contributed by atoms with E-state index >= 15 is 0 Å². The normalized spacial score (nSPS) is 14.4. The molecular weight excluding hydrogens is 274 g/mol. The van der Waals surface area contributed by atoms with Crippen LogP contribution in [0.25, 0.3) is 22.2 Å². The Labute approximate surface area is 128 Å². The molecule has 2 heterocycles.